The Hall–Kier alpha value is -2.87. The first-order chi connectivity index (χ1) is 11.0. The fourth-order valence-electron chi connectivity index (χ4n) is 1.76. The van der Waals surface area contributed by atoms with Crippen molar-refractivity contribution in [2.75, 3.05) is 6.26 Å². The van der Waals surface area contributed by atoms with Crippen LogP contribution in [0, 0.1) is 10.1 Å². The molecule has 0 bridgehead atoms. The summed E-state index contributed by atoms with van der Waals surface area (Å²) in [4.78, 5) is 34.9. The molecule has 0 saturated heterocycles. The van der Waals surface area contributed by atoms with Crippen molar-refractivity contribution in [2.24, 2.45) is 0 Å². The predicted molar refractivity (Wildman–Crippen MR) is 86.3 cm³/mol. The zero-order valence-corrected chi connectivity index (χ0v) is 12.9. The molecule has 0 atom stereocenters. The minimum atomic E-state index is -0.636. The number of nitro groups is 1. The quantitative estimate of drug-likeness (QED) is 0.509. The van der Waals surface area contributed by atoms with E-state index < -0.39 is 16.7 Å². The van der Waals surface area contributed by atoms with Gasteiger partial charge in [-0.05, 0) is 36.6 Å². The third-order valence-corrected chi connectivity index (χ3v) is 3.70. The molecule has 0 aliphatic heterocycles. The summed E-state index contributed by atoms with van der Waals surface area (Å²) in [5.41, 5.74) is 4.77. The highest BCUT2D eigenvalue weighted by Crippen LogP contribution is 2.15. The van der Waals surface area contributed by atoms with E-state index in [0.29, 0.717) is 5.56 Å². The summed E-state index contributed by atoms with van der Waals surface area (Å²) in [5, 5.41) is 10.7. The van der Waals surface area contributed by atoms with Crippen LogP contribution in [0.2, 0.25) is 0 Å². The Morgan fingerprint density at radius 2 is 1.61 bits per heavy atom. The highest BCUT2D eigenvalue weighted by molar-refractivity contribution is 7.98. The van der Waals surface area contributed by atoms with E-state index in [2.05, 4.69) is 10.9 Å². The van der Waals surface area contributed by atoms with Gasteiger partial charge >= 0.3 is 0 Å². The van der Waals surface area contributed by atoms with E-state index in [1.165, 1.54) is 18.2 Å². The average Bonchev–Trinajstić information content (AvgIpc) is 2.59. The molecule has 0 spiro atoms. The topological polar surface area (TPSA) is 101 Å². The summed E-state index contributed by atoms with van der Waals surface area (Å²) in [6.45, 7) is 0. The van der Waals surface area contributed by atoms with E-state index in [4.69, 9.17) is 0 Å². The minimum absolute atomic E-state index is 0.0808. The van der Waals surface area contributed by atoms with Gasteiger partial charge in [0, 0.05) is 28.2 Å². The molecule has 8 heteroatoms. The summed E-state index contributed by atoms with van der Waals surface area (Å²) in [6, 6.07) is 12.1. The van der Waals surface area contributed by atoms with Crippen molar-refractivity contribution >= 4 is 29.3 Å². The van der Waals surface area contributed by atoms with Gasteiger partial charge < -0.3 is 0 Å². The van der Waals surface area contributed by atoms with Crippen molar-refractivity contribution in [1.29, 1.82) is 0 Å². The third-order valence-electron chi connectivity index (χ3n) is 2.96. The van der Waals surface area contributed by atoms with Crippen molar-refractivity contribution in [3.8, 4) is 0 Å². The van der Waals surface area contributed by atoms with Crippen LogP contribution in [0.1, 0.15) is 20.7 Å². The van der Waals surface area contributed by atoms with Crippen LogP contribution in [-0.2, 0) is 0 Å². The minimum Gasteiger partial charge on any atom is -0.267 e. The summed E-state index contributed by atoms with van der Waals surface area (Å²) in [7, 11) is 0. The lowest BCUT2D eigenvalue weighted by molar-refractivity contribution is -0.384. The number of hydrazine groups is 1. The number of rotatable bonds is 4. The van der Waals surface area contributed by atoms with E-state index in [1.54, 1.807) is 36.0 Å². The molecule has 23 heavy (non-hydrogen) atoms. The number of nitro benzene ring substituents is 1. The summed E-state index contributed by atoms with van der Waals surface area (Å²) in [5.74, 6) is -1.11. The van der Waals surface area contributed by atoms with E-state index >= 15 is 0 Å². The SMILES string of the molecule is CSc1ccc(C(=O)NNC(=O)c2cccc([N+](=O)[O-])c2)cc1. The molecular formula is C15H13N3O4S. The number of amides is 2. The van der Waals surface area contributed by atoms with Crippen LogP contribution in [0.4, 0.5) is 5.69 Å². The van der Waals surface area contributed by atoms with Crippen LogP contribution < -0.4 is 10.9 Å². The molecule has 2 rings (SSSR count). The van der Waals surface area contributed by atoms with Gasteiger partial charge in [0.25, 0.3) is 17.5 Å². The molecule has 0 radical (unpaired) electrons. The van der Waals surface area contributed by atoms with Gasteiger partial charge in [0.1, 0.15) is 0 Å². The molecular weight excluding hydrogens is 318 g/mol. The second-order valence-electron chi connectivity index (χ2n) is 4.44. The lowest BCUT2D eigenvalue weighted by Gasteiger charge is -2.07. The molecule has 118 valence electrons. The maximum atomic E-state index is 11.9. The van der Waals surface area contributed by atoms with E-state index in [9.17, 15) is 19.7 Å². The van der Waals surface area contributed by atoms with Gasteiger partial charge in [-0.15, -0.1) is 11.8 Å². The van der Waals surface area contributed by atoms with Crippen molar-refractivity contribution in [3.63, 3.8) is 0 Å². The normalized spacial score (nSPS) is 9.96. The van der Waals surface area contributed by atoms with Crippen molar-refractivity contribution in [3.05, 3.63) is 69.8 Å². The van der Waals surface area contributed by atoms with Crippen LogP contribution in [0.5, 0.6) is 0 Å². The molecule has 0 aromatic heterocycles. The Bertz CT molecular complexity index is 747. The van der Waals surface area contributed by atoms with Gasteiger partial charge in [-0.3, -0.25) is 30.6 Å². The number of carbonyl (C=O) groups is 2. The number of thioether (sulfide) groups is 1. The van der Waals surface area contributed by atoms with Gasteiger partial charge in [-0.2, -0.15) is 0 Å². The highest BCUT2D eigenvalue weighted by atomic mass is 32.2. The van der Waals surface area contributed by atoms with Crippen LogP contribution in [0.3, 0.4) is 0 Å². The van der Waals surface area contributed by atoms with Crippen LogP contribution in [0.15, 0.2) is 53.4 Å². The molecule has 2 amide bonds. The molecule has 0 unspecified atom stereocenters. The zero-order chi connectivity index (χ0) is 16.8. The first-order valence-corrected chi connectivity index (χ1v) is 7.73. The first-order valence-electron chi connectivity index (χ1n) is 6.50. The molecule has 7 nitrogen and oxygen atoms in total. The number of nitrogens with zero attached hydrogens (tertiary/aromatic N) is 1. The number of benzene rings is 2. The van der Waals surface area contributed by atoms with Crippen LogP contribution >= 0.6 is 11.8 Å². The van der Waals surface area contributed by atoms with Crippen molar-refractivity contribution in [1.82, 2.24) is 10.9 Å². The Labute approximate surface area is 136 Å². The maximum Gasteiger partial charge on any atom is 0.270 e. The number of nitrogens with one attached hydrogen (secondary N) is 2. The molecule has 0 aliphatic carbocycles. The monoisotopic (exact) mass is 331 g/mol. The smallest absolute Gasteiger partial charge is 0.267 e. The van der Waals surface area contributed by atoms with Crippen LogP contribution in [0.25, 0.3) is 0 Å². The van der Waals surface area contributed by atoms with E-state index in [1.807, 2.05) is 6.26 Å². The Morgan fingerprint density at radius 3 is 2.17 bits per heavy atom. The van der Waals surface area contributed by atoms with Crippen molar-refractivity contribution < 1.29 is 14.5 Å². The molecule has 0 heterocycles. The number of hydrogen-bond acceptors (Lipinski definition) is 5. The van der Waals surface area contributed by atoms with E-state index in [-0.39, 0.29) is 11.3 Å². The van der Waals surface area contributed by atoms with Gasteiger partial charge in [0.15, 0.2) is 0 Å². The second kappa shape index (κ2) is 7.41. The van der Waals surface area contributed by atoms with Gasteiger partial charge in [0.2, 0.25) is 0 Å². The fraction of sp³-hybridized carbons (Fsp3) is 0.0667. The molecule has 0 saturated carbocycles. The first kappa shape index (κ1) is 16.5. The van der Waals surface area contributed by atoms with Crippen LogP contribution in [-0.4, -0.2) is 23.0 Å². The summed E-state index contributed by atoms with van der Waals surface area (Å²) < 4.78 is 0. The lowest BCUT2D eigenvalue weighted by atomic mass is 10.2. The van der Waals surface area contributed by atoms with E-state index in [0.717, 1.165) is 11.0 Å². The largest absolute Gasteiger partial charge is 0.270 e. The Balaban J connectivity index is 1.99. The molecule has 2 aromatic carbocycles. The Kier molecular flexibility index (Phi) is 5.32. The summed E-state index contributed by atoms with van der Waals surface area (Å²) in [6.07, 6.45) is 1.92. The molecule has 2 aromatic rings. The third kappa shape index (κ3) is 4.30. The number of hydrogen-bond donors (Lipinski definition) is 2. The van der Waals surface area contributed by atoms with Gasteiger partial charge in [-0.25, -0.2) is 0 Å². The van der Waals surface area contributed by atoms with Gasteiger partial charge in [-0.1, -0.05) is 6.07 Å². The zero-order valence-electron chi connectivity index (χ0n) is 12.1. The molecule has 2 N–H and O–H groups in total. The summed E-state index contributed by atoms with van der Waals surface area (Å²) >= 11 is 1.55. The number of non-ortho nitro benzene ring substituents is 1. The Morgan fingerprint density at radius 1 is 1.00 bits per heavy atom. The maximum absolute atomic E-state index is 11.9. The fourth-order valence-corrected chi connectivity index (χ4v) is 2.17. The van der Waals surface area contributed by atoms with Crippen molar-refractivity contribution in [2.45, 2.75) is 4.90 Å². The predicted octanol–water partition coefficient (Wildman–Crippen LogP) is 2.39. The second-order valence-corrected chi connectivity index (χ2v) is 5.32. The van der Waals surface area contributed by atoms with Gasteiger partial charge in [0.05, 0.1) is 4.92 Å². The highest BCUT2D eigenvalue weighted by Gasteiger charge is 2.12. The molecule has 0 fully saturated rings. The lowest BCUT2D eigenvalue weighted by Crippen LogP contribution is -2.41. The number of carbonyl (C=O) groups excluding carboxylic acids is 2. The average molecular weight is 331 g/mol. The molecule has 0 aliphatic rings. The standard InChI is InChI=1S/C15H13N3O4S/c1-23-13-7-5-10(6-8-13)14(19)16-17-15(20)11-3-2-4-12(9-11)18(21)22/h2-9H,1H3,(H,16,19)(H,17,20).